The number of nitrogens with two attached hydrogens (primary N) is 1. The van der Waals surface area contributed by atoms with Gasteiger partial charge < -0.3 is 10.6 Å². The number of hydrogen-bond acceptors (Lipinski definition) is 5. The number of hydrogen-bond donors (Lipinski definition) is 1. The molecular formula is C10H14N4O. The normalized spacial score (nSPS) is 52.4. The monoisotopic (exact) mass is 206 g/mol. The van der Waals surface area contributed by atoms with Gasteiger partial charge in [0.1, 0.15) is 0 Å². The predicted molar refractivity (Wildman–Crippen MR) is 56.0 cm³/mol. The van der Waals surface area contributed by atoms with Crippen molar-refractivity contribution in [1.29, 1.82) is 0 Å². The van der Waals surface area contributed by atoms with Crippen LogP contribution in [0.5, 0.6) is 0 Å². The molecule has 2 saturated carbocycles. The lowest BCUT2D eigenvalue weighted by atomic mass is 10.2. The zero-order valence-electron chi connectivity index (χ0n) is 8.41. The Bertz CT molecular complexity index is 358. The molecule has 5 nitrogen and oxygen atoms in total. The van der Waals surface area contributed by atoms with Gasteiger partial charge in [-0.2, -0.15) is 5.10 Å². The second kappa shape index (κ2) is 2.41. The van der Waals surface area contributed by atoms with Crippen LogP contribution in [0.2, 0.25) is 0 Å². The number of aliphatic imine (C=N–C) groups is 1. The van der Waals surface area contributed by atoms with Crippen LogP contribution < -0.4 is 5.84 Å². The summed E-state index contributed by atoms with van der Waals surface area (Å²) in [6.07, 6.45) is 3.33. The van der Waals surface area contributed by atoms with Crippen molar-refractivity contribution >= 4 is 12.4 Å². The number of ether oxygens (including phenoxy) is 1. The second-order valence-electron chi connectivity index (χ2n) is 4.93. The number of nitrogens with zero attached hydrogens (tertiary/aromatic N) is 3. The maximum absolute atomic E-state index is 5.24. The largest absolute Gasteiger partial charge is 0.378 e. The highest BCUT2D eigenvalue weighted by Gasteiger charge is 2.93. The molecule has 2 N–H and O–H groups in total. The zero-order valence-corrected chi connectivity index (χ0v) is 8.41. The maximum atomic E-state index is 5.24. The second-order valence-corrected chi connectivity index (χ2v) is 4.93. The average molecular weight is 206 g/mol. The quantitative estimate of drug-likeness (QED) is 0.369. The van der Waals surface area contributed by atoms with Crippen molar-refractivity contribution in [3.05, 3.63) is 0 Å². The Morgan fingerprint density at radius 2 is 2.27 bits per heavy atom. The number of fused-ring (bicyclic) bond motifs is 1. The van der Waals surface area contributed by atoms with Crippen LogP contribution >= 0.6 is 0 Å². The van der Waals surface area contributed by atoms with Crippen molar-refractivity contribution in [3.63, 3.8) is 0 Å². The predicted octanol–water partition coefficient (Wildman–Crippen LogP) is -0.917. The molecule has 0 aromatic rings. The molecule has 4 unspecified atom stereocenters. The first-order valence-electron chi connectivity index (χ1n) is 5.50. The third kappa shape index (κ3) is 0.787. The lowest BCUT2D eigenvalue weighted by Gasteiger charge is -2.34. The molecule has 0 amide bonds. The van der Waals surface area contributed by atoms with E-state index < -0.39 is 0 Å². The highest BCUT2D eigenvalue weighted by Crippen LogP contribution is 2.81. The molecule has 0 radical (unpaired) electrons. The fraction of sp³-hybridized carbons (Fsp3) is 0.800. The molecule has 4 atom stereocenters. The fourth-order valence-corrected chi connectivity index (χ4v) is 3.54. The Hall–Kier alpha value is -0.940. The highest BCUT2D eigenvalue weighted by molar-refractivity contribution is 6.16. The standard InChI is InChI=1S/C10H14N4O/c11-13-2-1-12-10-7-3-14(6-4-15-5-6)9(10)8(7)10/h1-2,6-9H,3-5,11H2. The Balaban J connectivity index is 1.48. The van der Waals surface area contributed by atoms with Crippen LogP contribution in [0.4, 0.5) is 0 Å². The molecule has 3 saturated heterocycles. The molecule has 0 aromatic heterocycles. The lowest BCUT2D eigenvalue weighted by molar-refractivity contribution is -0.0600. The maximum Gasteiger partial charge on any atom is 0.0859 e. The van der Waals surface area contributed by atoms with Crippen LogP contribution in [-0.4, -0.2) is 54.7 Å². The molecule has 0 aromatic carbocycles. The van der Waals surface area contributed by atoms with Gasteiger partial charge in [-0.1, -0.05) is 0 Å². The molecule has 5 fully saturated rings. The summed E-state index contributed by atoms with van der Waals surface area (Å²) in [4.78, 5) is 7.20. The molecule has 2 aliphatic carbocycles. The number of hydrazone groups is 1. The molecule has 2 bridgehead atoms. The van der Waals surface area contributed by atoms with Crippen LogP contribution in [0.3, 0.4) is 0 Å². The first-order chi connectivity index (χ1) is 7.39. The van der Waals surface area contributed by atoms with Gasteiger partial charge in [-0.05, 0) is 0 Å². The van der Waals surface area contributed by atoms with Gasteiger partial charge in [0, 0.05) is 30.6 Å². The fourth-order valence-electron chi connectivity index (χ4n) is 3.54. The summed E-state index contributed by atoms with van der Waals surface area (Å²) in [5, 5.41) is 3.43. The lowest BCUT2D eigenvalue weighted by Crippen LogP contribution is -2.48. The highest BCUT2D eigenvalue weighted by atomic mass is 16.5. The Morgan fingerprint density at radius 3 is 2.87 bits per heavy atom. The molecule has 5 aliphatic rings. The average Bonchev–Trinajstić information content (AvgIpc) is 2.84. The minimum atomic E-state index is 0.275. The van der Waals surface area contributed by atoms with E-state index in [2.05, 4.69) is 15.0 Å². The minimum absolute atomic E-state index is 0.275. The zero-order chi connectivity index (χ0) is 10.0. The summed E-state index contributed by atoms with van der Waals surface area (Å²) in [5.74, 6) is 6.68. The van der Waals surface area contributed by atoms with Crippen molar-refractivity contribution < 1.29 is 4.74 Å². The van der Waals surface area contributed by atoms with Crippen molar-refractivity contribution in [2.24, 2.45) is 27.8 Å². The van der Waals surface area contributed by atoms with Gasteiger partial charge in [0.25, 0.3) is 0 Å². The van der Waals surface area contributed by atoms with Crippen LogP contribution in [-0.2, 0) is 4.74 Å². The van der Waals surface area contributed by atoms with E-state index in [1.807, 2.05) is 0 Å². The Kier molecular flexibility index (Phi) is 1.33. The van der Waals surface area contributed by atoms with E-state index in [-0.39, 0.29) is 5.54 Å². The Labute approximate surface area is 88.0 Å². The van der Waals surface area contributed by atoms with E-state index >= 15 is 0 Å². The number of piperidine rings is 1. The van der Waals surface area contributed by atoms with Crippen molar-refractivity contribution in [2.45, 2.75) is 17.6 Å². The van der Waals surface area contributed by atoms with Gasteiger partial charge in [-0.15, -0.1) is 0 Å². The Morgan fingerprint density at radius 1 is 1.40 bits per heavy atom. The van der Waals surface area contributed by atoms with Crippen molar-refractivity contribution in [1.82, 2.24) is 4.90 Å². The first-order valence-corrected chi connectivity index (χ1v) is 5.50. The first kappa shape index (κ1) is 8.24. The minimum Gasteiger partial charge on any atom is -0.378 e. The summed E-state index contributed by atoms with van der Waals surface area (Å²) < 4.78 is 5.24. The van der Waals surface area contributed by atoms with Gasteiger partial charge in [-0.25, -0.2) is 0 Å². The third-order valence-electron chi connectivity index (χ3n) is 4.46. The van der Waals surface area contributed by atoms with E-state index in [1.54, 1.807) is 12.4 Å². The van der Waals surface area contributed by atoms with Crippen molar-refractivity contribution in [3.8, 4) is 0 Å². The van der Waals surface area contributed by atoms with E-state index in [1.165, 1.54) is 6.54 Å². The molecule has 0 spiro atoms. The summed E-state index contributed by atoms with van der Waals surface area (Å²) in [6, 6.07) is 1.38. The van der Waals surface area contributed by atoms with E-state index in [4.69, 9.17) is 10.6 Å². The van der Waals surface area contributed by atoms with Gasteiger partial charge in [0.15, 0.2) is 0 Å². The van der Waals surface area contributed by atoms with Crippen molar-refractivity contribution in [2.75, 3.05) is 19.8 Å². The van der Waals surface area contributed by atoms with E-state index in [0.29, 0.717) is 12.1 Å². The van der Waals surface area contributed by atoms with E-state index in [0.717, 1.165) is 25.0 Å². The van der Waals surface area contributed by atoms with E-state index in [9.17, 15) is 0 Å². The molecule has 5 rings (SSSR count). The molecule has 3 heterocycles. The molecule has 15 heavy (non-hydrogen) atoms. The number of rotatable bonds is 3. The molecule has 80 valence electrons. The van der Waals surface area contributed by atoms with Crippen LogP contribution in [0.15, 0.2) is 10.1 Å². The topological polar surface area (TPSA) is 63.2 Å². The molecule has 3 aliphatic heterocycles. The third-order valence-corrected chi connectivity index (χ3v) is 4.46. The smallest absolute Gasteiger partial charge is 0.0859 e. The van der Waals surface area contributed by atoms with Gasteiger partial charge in [0.2, 0.25) is 0 Å². The molecular weight excluding hydrogens is 192 g/mol. The summed E-state index contributed by atoms with van der Waals surface area (Å²) in [6.45, 7) is 3.06. The van der Waals surface area contributed by atoms with Crippen LogP contribution in [0.25, 0.3) is 0 Å². The SMILES string of the molecule is NN=CC=NC12C3CN(C4COC4)C1C32. The van der Waals surface area contributed by atoms with Crippen LogP contribution in [0, 0.1) is 11.8 Å². The molecule has 5 heteroatoms. The van der Waals surface area contributed by atoms with Gasteiger partial charge in [-0.3, -0.25) is 9.89 Å². The van der Waals surface area contributed by atoms with Gasteiger partial charge in [0.05, 0.1) is 31.0 Å². The van der Waals surface area contributed by atoms with Gasteiger partial charge >= 0.3 is 0 Å². The summed E-state index contributed by atoms with van der Waals surface area (Å²) in [7, 11) is 0. The van der Waals surface area contributed by atoms with Crippen LogP contribution in [0.1, 0.15) is 0 Å². The summed E-state index contributed by atoms with van der Waals surface area (Å²) in [5.41, 5.74) is 0.275. The summed E-state index contributed by atoms with van der Waals surface area (Å²) >= 11 is 0.